The van der Waals surface area contributed by atoms with E-state index in [-0.39, 0.29) is 5.91 Å². The zero-order chi connectivity index (χ0) is 12.0. The molecule has 0 aliphatic heterocycles. The second-order valence-corrected chi connectivity index (χ2v) is 4.19. The molecule has 0 saturated carbocycles. The van der Waals surface area contributed by atoms with Crippen molar-refractivity contribution in [3.63, 3.8) is 0 Å². The average Bonchev–Trinajstić information content (AvgIpc) is 2.29. The molecule has 0 fully saturated rings. The van der Waals surface area contributed by atoms with Crippen molar-refractivity contribution in [1.29, 1.82) is 0 Å². The van der Waals surface area contributed by atoms with E-state index in [1.807, 2.05) is 13.8 Å². The Balaban J connectivity index is 2.76. The Morgan fingerprint density at radius 2 is 2.19 bits per heavy atom. The quantitative estimate of drug-likeness (QED) is 0.903. The van der Waals surface area contributed by atoms with Gasteiger partial charge in [0.2, 0.25) is 0 Å². The van der Waals surface area contributed by atoms with Crippen LogP contribution in [0.1, 0.15) is 30.6 Å². The van der Waals surface area contributed by atoms with Gasteiger partial charge in [-0.1, -0.05) is 6.92 Å². The van der Waals surface area contributed by atoms with Crippen LogP contribution >= 0.6 is 15.9 Å². The van der Waals surface area contributed by atoms with Gasteiger partial charge in [-0.15, -0.1) is 0 Å². The lowest BCUT2D eigenvalue weighted by Gasteiger charge is -2.08. The number of hydrogen-bond acceptors (Lipinski definition) is 2. The first-order valence-corrected chi connectivity index (χ1v) is 6.18. The number of nitrogens with one attached hydrogen (secondary N) is 1. The van der Waals surface area contributed by atoms with Crippen molar-refractivity contribution in [3.05, 3.63) is 28.2 Å². The van der Waals surface area contributed by atoms with E-state index in [2.05, 4.69) is 21.2 Å². The molecule has 0 aliphatic carbocycles. The molecular formula is C12H16BrNO2. The normalized spacial score (nSPS) is 9.94. The maximum Gasteiger partial charge on any atom is 0.251 e. The van der Waals surface area contributed by atoms with Crippen molar-refractivity contribution >= 4 is 21.8 Å². The Hall–Kier alpha value is -1.03. The molecule has 0 bridgehead atoms. The number of benzene rings is 1. The van der Waals surface area contributed by atoms with Crippen molar-refractivity contribution in [2.45, 2.75) is 20.3 Å². The molecule has 0 atom stereocenters. The highest BCUT2D eigenvalue weighted by molar-refractivity contribution is 9.10. The fraction of sp³-hybridized carbons (Fsp3) is 0.417. The summed E-state index contributed by atoms with van der Waals surface area (Å²) in [5.74, 6) is 0.708. The first-order valence-electron chi connectivity index (χ1n) is 5.39. The van der Waals surface area contributed by atoms with Gasteiger partial charge in [-0.3, -0.25) is 4.79 Å². The van der Waals surface area contributed by atoms with E-state index in [0.29, 0.717) is 18.7 Å². The van der Waals surface area contributed by atoms with Gasteiger partial charge in [-0.2, -0.15) is 0 Å². The molecule has 1 rings (SSSR count). The van der Waals surface area contributed by atoms with Crippen LogP contribution in [-0.2, 0) is 0 Å². The van der Waals surface area contributed by atoms with E-state index in [1.165, 1.54) is 0 Å². The number of halogens is 1. The molecule has 1 N–H and O–H groups in total. The van der Waals surface area contributed by atoms with E-state index < -0.39 is 0 Å². The highest BCUT2D eigenvalue weighted by Gasteiger charge is 2.07. The Morgan fingerprint density at radius 1 is 1.44 bits per heavy atom. The molecule has 88 valence electrons. The monoisotopic (exact) mass is 285 g/mol. The minimum absolute atomic E-state index is 0.0504. The fourth-order valence-electron chi connectivity index (χ4n) is 1.26. The van der Waals surface area contributed by atoms with Crippen LogP contribution in [0.15, 0.2) is 22.7 Å². The molecule has 0 aromatic heterocycles. The largest absolute Gasteiger partial charge is 0.493 e. The minimum atomic E-state index is -0.0504. The van der Waals surface area contributed by atoms with Crippen molar-refractivity contribution in [2.75, 3.05) is 13.2 Å². The topological polar surface area (TPSA) is 38.3 Å². The summed E-state index contributed by atoms with van der Waals surface area (Å²) in [7, 11) is 0. The van der Waals surface area contributed by atoms with Gasteiger partial charge in [-0.25, -0.2) is 0 Å². The highest BCUT2D eigenvalue weighted by atomic mass is 79.9. The summed E-state index contributed by atoms with van der Waals surface area (Å²) in [6.07, 6.45) is 0.934. The third-order valence-electron chi connectivity index (χ3n) is 2.03. The van der Waals surface area contributed by atoms with Gasteiger partial charge in [0.15, 0.2) is 0 Å². The van der Waals surface area contributed by atoms with E-state index in [4.69, 9.17) is 4.74 Å². The molecule has 3 nitrogen and oxygen atoms in total. The van der Waals surface area contributed by atoms with Crippen LogP contribution in [0.4, 0.5) is 0 Å². The van der Waals surface area contributed by atoms with Gasteiger partial charge in [0, 0.05) is 12.1 Å². The third kappa shape index (κ3) is 3.52. The van der Waals surface area contributed by atoms with Crippen LogP contribution in [0, 0.1) is 0 Å². The van der Waals surface area contributed by atoms with Crippen LogP contribution < -0.4 is 10.1 Å². The summed E-state index contributed by atoms with van der Waals surface area (Å²) in [5.41, 5.74) is 0.642. The lowest BCUT2D eigenvalue weighted by Crippen LogP contribution is -2.23. The van der Waals surface area contributed by atoms with Gasteiger partial charge in [0.1, 0.15) is 5.75 Å². The van der Waals surface area contributed by atoms with E-state index in [9.17, 15) is 4.79 Å². The zero-order valence-electron chi connectivity index (χ0n) is 9.55. The Morgan fingerprint density at radius 3 is 2.75 bits per heavy atom. The maximum atomic E-state index is 11.7. The van der Waals surface area contributed by atoms with Gasteiger partial charge >= 0.3 is 0 Å². The van der Waals surface area contributed by atoms with Crippen molar-refractivity contribution < 1.29 is 9.53 Å². The number of carbonyl (C=O) groups is 1. The summed E-state index contributed by atoms with van der Waals surface area (Å²) in [6.45, 7) is 5.26. The van der Waals surface area contributed by atoms with Crippen LogP contribution in [0.3, 0.4) is 0 Å². The SMILES string of the molecule is CCCNC(=O)c1ccc(OCC)c(Br)c1. The van der Waals surface area contributed by atoms with Crippen LogP contribution in [0.25, 0.3) is 0 Å². The summed E-state index contributed by atoms with van der Waals surface area (Å²) in [5, 5.41) is 2.83. The van der Waals surface area contributed by atoms with Crippen molar-refractivity contribution in [1.82, 2.24) is 5.32 Å². The van der Waals surface area contributed by atoms with Crippen molar-refractivity contribution in [3.8, 4) is 5.75 Å². The zero-order valence-corrected chi connectivity index (χ0v) is 11.1. The number of carbonyl (C=O) groups excluding carboxylic acids is 1. The number of rotatable bonds is 5. The maximum absolute atomic E-state index is 11.7. The molecule has 1 amide bonds. The molecule has 1 aromatic carbocycles. The molecule has 16 heavy (non-hydrogen) atoms. The highest BCUT2D eigenvalue weighted by Crippen LogP contribution is 2.25. The second kappa shape index (κ2) is 6.53. The molecule has 4 heteroatoms. The molecule has 0 spiro atoms. The number of amides is 1. The van der Waals surface area contributed by atoms with Gasteiger partial charge in [0.05, 0.1) is 11.1 Å². The summed E-state index contributed by atoms with van der Waals surface area (Å²) in [6, 6.07) is 5.34. The minimum Gasteiger partial charge on any atom is -0.493 e. The van der Waals surface area contributed by atoms with Crippen LogP contribution in [0.5, 0.6) is 5.75 Å². The van der Waals surface area contributed by atoms with Crippen LogP contribution in [0.2, 0.25) is 0 Å². The van der Waals surface area contributed by atoms with Gasteiger partial charge < -0.3 is 10.1 Å². The van der Waals surface area contributed by atoms with Gasteiger partial charge in [0.25, 0.3) is 5.91 Å². The summed E-state index contributed by atoms with van der Waals surface area (Å²) < 4.78 is 6.18. The Labute approximate surface area is 104 Å². The molecular weight excluding hydrogens is 270 g/mol. The Kier molecular flexibility index (Phi) is 5.32. The molecule has 0 saturated heterocycles. The van der Waals surface area contributed by atoms with Crippen LogP contribution in [-0.4, -0.2) is 19.1 Å². The predicted molar refractivity (Wildman–Crippen MR) is 67.9 cm³/mol. The molecule has 0 radical (unpaired) electrons. The number of ether oxygens (including phenoxy) is 1. The predicted octanol–water partition coefficient (Wildman–Crippen LogP) is 2.99. The summed E-state index contributed by atoms with van der Waals surface area (Å²) in [4.78, 5) is 11.7. The molecule has 0 unspecified atom stereocenters. The average molecular weight is 286 g/mol. The first-order chi connectivity index (χ1) is 7.69. The summed E-state index contributed by atoms with van der Waals surface area (Å²) >= 11 is 3.38. The molecule has 1 aromatic rings. The fourth-order valence-corrected chi connectivity index (χ4v) is 1.75. The molecule has 0 aliphatic rings. The van der Waals surface area contributed by atoms with E-state index >= 15 is 0 Å². The Bertz CT molecular complexity index is 366. The third-order valence-corrected chi connectivity index (χ3v) is 2.65. The smallest absolute Gasteiger partial charge is 0.251 e. The standard InChI is InChI=1S/C12H16BrNO2/c1-3-7-14-12(15)9-5-6-11(16-4-2)10(13)8-9/h5-6,8H,3-4,7H2,1-2H3,(H,14,15). The number of hydrogen-bond donors (Lipinski definition) is 1. The van der Waals surface area contributed by atoms with Gasteiger partial charge in [-0.05, 0) is 47.5 Å². The first kappa shape index (κ1) is 13.0. The lowest BCUT2D eigenvalue weighted by molar-refractivity contribution is 0.0953. The van der Waals surface area contributed by atoms with E-state index in [1.54, 1.807) is 18.2 Å². The lowest BCUT2D eigenvalue weighted by atomic mass is 10.2. The van der Waals surface area contributed by atoms with Crippen molar-refractivity contribution in [2.24, 2.45) is 0 Å². The van der Waals surface area contributed by atoms with E-state index in [0.717, 1.165) is 16.6 Å². The molecule has 0 heterocycles. The second-order valence-electron chi connectivity index (χ2n) is 3.33.